The van der Waals surface area contributed by atoms with Crippen LogP contribution in [-0.2, 0) is 6.54 Å². The summed E-state index contributed by atoms with van der Waals surface area (Å²) in [5.41, 5.74) is 9.15. The van der Waals surface area contributed by atoms with Crippen LogP contribution in [0.2, 0.25) is 0 Å². The van der Waals surface area contributed by atoms with Gasteiger partial charge in [0, 0.05) is 12.2 Å². The van der Waals surface area contributed by atoms with E-state index in [-0.39, 0.29) is 0 Å². The van der Waals surface area contributed by atoms with Crippen LogP contribution in [0.25, 0.3) is 0 Å². The predicted octanol–water partition coefficient (Wildman–Crippen LogP) is 2.03. The summed E-state index contributed by atoms with van der Waals surface area (Å²) in [6.07, 6.45) is 0. The average molecular weight is 178 g/mol. The highest BCUT2D eigenvalue weighted by molar-refractivity contribution is 5.48. The van der Waals surface area contributed by atoms with Gasteiger partial charge in [-0.15, -0.1) is 0 Å². The summed E-state index contributed by atoms with van der Waals surface area (Å²) < 4.78 is 0. The Hall–Kier alpha value is -1.02. The number of aryl methyl sites for hydroxylation is 1. The third-order valence-electron chi connectivity index (χ3n) is 2.34. The molecule has 72 valence electrons. The monoisotopic (exact) mass is 178 g/mol. The van der Waals surface area contributed by atoms with E-state index in [1.807, 2.05) is 6.92 Å². The Labute approximate surface area is 80.4 Å². The molecular formula is C11H18N2. The Kier molecular flexibility index (Phi) is 3.32. The van der Waals surface area contributed by atoms with Crippen LogP contribution in [0.15, 0.2) is 18.2 Å². The quantitative estimate of drug-likeness (QED) is 0.718. The number of hydrogen-bond donors (Lipinski definition) is 1. The summed E-state index contributed by atoms with van der Waals surface area (Å²) in [5, 5.41) is 0. The summed E-state index contributed by atoms with van der Waals surface area (Å²) in [4.78, 5) is 2.25. The third kappa shape index (κ3) is 2.74. The second kappa shape index (κ2) is 4.28. The molecule has 0 saturated carbocycles. The van der Waals surface area contributed by atoms with Crippen molar-refractivity contribution in [2.45, 2.75) is 20.4 Å². The van der Waals surface area contributed by atoms with Gasteiger partial charge in [0.1, 0.15) is 0 Å². The van der Waals surface area contributed by atoms with Crippen LogP contribution in [0, 0.1) is 6.92 Å². The normalized spacial score (nSPS) is 10.8. The van der Waals surface area contributed by atoms with Crippen LogP contribution in [0.1, 0.15) is 18.1 Å². The minimum Gasteiger partial charge on any atom is -0.399 e. The van der Waals surface area contributed by atoms with Crippen molar-refractivity contribution in [3.8, 4) is 0 Å². The minimum absolute atomic E-state index is 0.891. The molecule has 0 saturated heterocycles. The Morgan fingerprint density at radius 1 is 1.38 bits per heavy atom. The van der Waals surface area contributed by atoms with Gasteiger partial charge in [0.2, 0.25) is 0 Å². The number of nitrogens with two attached hydrogens (primary N) is 1. The molecule has 1 aromatic rings. The molecule has 0 unspecified atom stereocenters. The van der Waals surface area contributed by atoms with Crippen LogP contribution in [0.3, 0.4) is 0 Å². The van der Waals surface area contributed by atoms with Gasteiger partial charge in [-0.3, -0.25) is 0 Å². The topological polar surface area (TPSA) is 29.3 Å². The van der Waals surface area contributed by atoms with Gasteiger partial charge in [0.25, 0.3) is 0 Å². The summed E-state index contributed by atoms with van der Waals surface area (Å²) in [5.74, 6) is 0. The Morgan fingerprint density at radius 2 is 2.08 bits per heavy atom. The van der Waals surface area contributed by atoms with Gasteiger partial charge in [-0.1, -0.05) is 19.1 Å². The van der Waals surface area contributed by atoms with E-state index in [0.717, 1.165) is 24.3 Å². The Balaban J connectivity index is 2.73. The molecule has 0 aliphatic carbocycles. The maximum absolute atomic E-state index is 5.82. The van der Waals surface area contributed by atoms with Gasteiger partial charge >= 0.3 is 0 Å². The minimum atomic E-state index is 0.891. The number of nitrogen functional groups attached to an aromatic ring is 1. The molecule has 2 nitrogen and oxygen atoms in total. The SMILES string of the molecule is CCN(C)Cc1ccc(C)c(N)c1. The van der Waals surface area contributed by atoms with Crippen LogP contribution >= 0.6 is 0 Å². The molecule has 0 atom stereocenters. The lowest BCUT2D eigenvalue weighted by molar-refractivity contribution is 0.346. The molecule has 0 fully saturated rings. The van der Waals surface area contributed by atoms with Crippen molar-refractivity contribution in [2.24, 2.45) is 0 Å². The molecule has 0 bridgehead atoms. The highest BCUT2D eigenvalue weighted by Crippen LogP contribution is 2.13. The molecule has 1 aromatic carbocycles. The third-order valence-corrected chi connectivity index (χ3v) is 2.34. The molecule has 2 heteroatoms. The van der Waals surface area contributed by atoms with Crippen LogP contribution in [0.5, 0.6) is 0 Å². The van der Waals surface area contributed by atoms with E-state index in [4.69, 9.17) is 5.73 Å². The molecule has 0 heterocycles. The zero-order valence-corrected chi connectivity index (χ0v) is 8.67. The first-order chi connectivity index (χ1) is 6.13. The fraction of sp³-hybridized carbons (Fsp3) is 0.455. The molecule has 0 radical (unpaired) electrons. The van der Waals surface area contributed by atoms with E-state index in [1.54, 1.807) is 0 Å². The molecule has 2 N–H and O–H groups in total. The smallest absolute Gasteiger partial charge is 0.0346 e. The Morgan fingerprint density at radius 3 is 2.62 bits per heavy atom. The van der Waals surface area contributed by atoms with Crippen molar-refractivity contribution in [1.82, 2.24) is 4.90 Å². The van der Waals surface area contributed by atoms with E-state index in [1.165, 1.54) is 5.56 Å². The van der Waals surface area contributed by atoms with Gasteiger partial charge in [-0.2, -0.15) is 0 Å². The van der Waals surface area contributed by atoms with Gasteiger partial charge in [-0.25, -0.2) is 0 Å². The van der Waals surface area contributed by atoms with Crippen LogP contribution in [0.4, 0.5) is 5.69 Å². The van der Waals surface area contributed by atoms with E-state index in [9.17, 15) is 0 Å². The highest BCUT2D eigenvalue weighted by atomic mass is 15.1. The van der Waals surface area contributed by atoms with Crippen molar-refractivity contribution < 1.29 is 0 Å². The molecule has 0 aliphatic heterocycles. The number of rotatable bonds is 3. The number of nitrogens with zero attached hydrogens (tertiary/aromatic N) is 1. The fourth-order valence-corrected chi connectivity index (χ4v) is 1.21. The number of hydrogen-bond acceptors (Lipinski definition) is 2. The molecular weight excluding hydrogens is 160 g/mol. The first kappa shape index (κ1) is 10.1. The number of benzene rings is 1. The largest absolute Gasteiger partial charge is 0.399 e. The van der Waals surface area contributed by atoms with Crippen molar-refractivity contribution in [1.29, 1.82) is 0 Å². The van der Waals surface area contributed by atoms with E-state index in [0.29, 0.717) is 0 Å². The van der Waals surface area contributed by atoms with E-state index >= 15 is 0 Å². The molecule has 1 rings (SSSR count). The lowest BCUT2D eigenvalue weighted by Gasteiger charge is -2.14. The summed E-state index contributed by atoms with van der Waals surface area (Å²) in [6.45, 7) is 6.22. The van der Waals surface area contributed by atoms with Crippen molar-refractivity contribution in [3.05, 3.63) is 29.3 Å². The molecule has 0 amide bonds. The average Bonchev–Trinajstić information content (AvgIpc) is 2.11. The molecule has 0 aromatic heterocycles. The maximum atomic E-state index is 5.82. The number of anilines is 1. The molecule has 0 spiro atoms. The van der Waals surface area contributed by atoms with Gasteiger partial charge in [-0.05, 0) is 37.7 Å². The zero-order valence-electron chi connectivity index (χ0n) is 8.67. The van der Waals surface area contributed by atoms with Crippen molar-refractivity contribution in [3.63, 3.8) is 0 Å². The lowest BCUT2D eigenvalue weighted by Crippen LogP contribution is -2.16. The molecule has 0 aliphatic rings. The first-order valence-corrected chi connectivity index (χ1v) is 4.67. The lowest BCUT2D eigenvalue weighted by atomic mass is 10.1. The van der Waals surface area contributed by atoms with Crippen molar-refractivity contribution in [2.75, 3.05) is 19.3 Å². The standard InChI is InChI=1S/C11H18N2/c1-4-13(3)8-10-6-5-9(2)11(12)7-10/h5-7H,4,8,12H2,1-3H3. The van der Waals surface area contributed by atoms with Crippen molar-refractivity contribution >= 4 is 5.69 Å². The zero-order chi connectivity index (χ0) is 9.84. The van der Waals surface area contributed by atoms with Crippen LogP contribution in [-0.4, -0.2) is 18.5 Å². The highest BCUT2D eigenvalue weighted by Gasteiger charge is 1.99. The second-order valence-corrected chi connectivity index (χ2v) is 3.52. The molecule has 13 heavy (non-hydrogen) atoms. The van der Waals surface area contributed by atoms with Gasteiger partial charge < -0.3 is 10.6 Å². The van der Waals surface area contributed by atoms with Gasteiger partial charge in [0.15, 0.2) is 0 Å². The second-order valence-electron chi connectivity index (χ2n) is 3.52. The maximum Gasteiger partial charge on any atom is 0.0346 e. The summed E-state index contributed by atoms with van der Waals surface area (Å²) >= 11 is 0. The van der Waals surface area contributed by atoms with E-state index < -0.39 is 0 Å². The predicted molar refractivity (Wildman–Crippen MR) is 57.6 cm³/mol. The summed E-state index contributed by atoms with van der Waals surface area (Å²) in [6, 6.07) is 6.27. The fourth-order valence-electron chi connectivity index (χ4n) is 1.21. The van der Waals surface area contributed by atoms with Gasteiger partial charge in [0.05, 0.1) is 0 Å². The first-order valence-electron chi connectivity index (χ1n) is 4.67. The van der Waals surface area contributed by atoms with Crippen LogP contribution < -0.4 is 5.73 Å². The summed E-state index contributed by atoms with van der Waals surface area (Å²) in [7, 11) is 2.11. The van der Waals surface area contributed by atoms with E-state index in [2.05, 4.69) is 37.1 Å². The Bertz CT molecular complexity index is 281.